The Labute approximate surface area is 122 Å². The molecule has 1 aromatic carbocycles. The van der Waals surface area contributed by atoms with Gasteiger partial charge in [0.05, 0.1) is 10.6 Å². The quantitative estimate of drug-likeness (QED) is 0.654. The second kappa shape index (κ2) is 6.09. The van der Waals surface area contributed by atoms with Crippen molar-refractivity contribution in [2.75, 3.05) is 5.43 Å². The number of benzene rings is 1. The summed E-state index contributed by atoms with van der Waals surface area (Å²) in [5.41, 5.74) is 3.01. The Morgan fingerprint density at radius 3 is 2.52 bits per heavy atom. The molecule has 2 rings (SSSR count). The number of anilines is 1. The summed E-state index contributed by atoms with van der Waals surface area (Å²) in [6, 6.07) is 4.75. The number of nitrogens with zero attached hydrogens (tertiary/aromatic N) is 2. The average molecular weight is 293 g/mol. The van der Waals surface area contributed by atoms with Crippen LogP contribution in [0.1, 0.15) is 43.5 Å². The number of nitrogens with one attached hydrogen (secondary N) is 1. The van der Waals surface area contributed by atoms with Crippen LogP contribution in [0.4, 0.5) is 11.4 Å². The Morgan fingerprint density at radius 2 is 2.00 bits per heavy atom. The van der Waals surface area contributed by atoms with Gasteiger partial charge in [-0.1, -0.05) is 6.42 Å². The molecule has 114 valence electrons. The first-order chi connectivity index (χ1) is 9.90. The molecule has 1 fully saturated rings. The smallest absolute Gasteiger partial charge is 0.342 e. The minimum absolute atomic E-state index is 0.301. The molecule has 0 aromatic heterocycles. The first kappa shape index (κ1) is 15.2. The molecule has 1 aliphatic rings. The highest BCUT2D eigenvalue weighted by molar-refractivity contribution is 5.93. The minimum atomic E-state index is -1.30. The second-order valence-electron chi connectivity index (χ2n) is 5.44. The number of carbonyl (C=O) groups is 1. The van der Waals surface area contributed by atoms with E-state index in [2.05, 4.69) is 24.3 Å². The van der Waals surface area contributed by atoms with E-state index in [1.165, 1.54) is 18.6 Å². The molecular formula is C14H19N3O4. The SMILES string of the molecule is CC1CCCC(C)N1Nc1ccc(C(=O)O)c([N+](=O)[O-])c1. The summed E-state index contributed by atoms with van der Waals surface area (Å²) >= 11 is 0. The van der Waals surface area contributed by atoms with E-state index < -0.39 is 16.6 Å². The van der Waals surface area contributed by atoms with Gasteiger partial charge in [-0.3, -0.25) is 10.1 Å². The van der Waals surface area contributed by atoms with Crippen LogP contribution in [0, 0.1) is 10.1 Å². The van der Waals surface area contributed by atoms with Crippen LogP contribution in [-0.4, -0.2) is 33.1 Å². The Balaban J connectivity index is 2.26. The molecule has 0 spiro atoms. The zero-order chi connectivity index (χ0) is 15.6. The van der Waals surface area contributed by atoms with Gasteiger partial charge in [0.2, 0.25) is 0 Å². The molecule has 0 aliphatic carbocycles. The molecule has 1 aliphatic heterocycles. The van der Waals surface area contributed by atoms with E-state index in [-0.39, 0.29) is 5.56 Å². The normalized spacial score (nSPS) is 22.8. The highest BCUT2D eigenvalue weighted by Crippen LogP contribution is 2.27. The van der Waals surface area contributed by atoms with Gasteiger partial charge in [-0.2, -0.15) is 0 Å². The number of carboxylic acids is 1. The summed E-state index contributed by atoms with van der Waals surface area (Å²) in [4.78, 5) is 21.3. The van der Waals surface area contributed by atoms with Crippen molar-refractivity contribution in [1.29, 1.82) is 0 Å². The molecular weight excluding hydrogens is 274 g/mol. The summed E-state index contributed by atoms with van der Waals surface area (Å²) in [5.74, 6) is -1.30. The van der Waals surface area contributed by atoms with Gasteiger partial charge in [-0.05, 0) is 38.8 Å². The summed E-state index contributed by atoms with van der Waals surface area (Å²) in [7, 11) is 0. The van der Waals surface area contributed by atoms with Crippen LogP contribution in [0.25, 0.3) is 0 Å². The lowest BCUT2D eigenvalue weighted by Gasteiger charge is -2.39. The molecule has 1 saturated heterocycles. The van der Waals surface area contributed by atoms with Crippen molar-refractivity contribution in [1.82, 2.24) is 5.01 Å². The predicted octanol–water partition coefficient (Wildman–Crippen LogP) is 2.88. The van der Waals surface area contributed by atoms with Crippen LogP contribution >= 0.6 is 0 Å². The number of hydrogen-bond acceptors (Lipinski definition) is 5. The van der Waals surface area contributed by atoms with Gasteiger partial charge >= 0.3 is 5.97 Å². The molecule has 7 heteroatoms. The number of piperidine rings is 1. The van der Waals surface area contributed by atoms with Crippen molar-refractivity contribution in [3.8, 4) is 0 Å². The number of hydrogen-bond donors (Lipinski definition) is 2. The van der Waals surface area contributed by atoms with Crippen LogP contribution in [0.2, 0.25) is 0 Å². The fraction of sp³-hybridized carbons (Fsp3) is 0.500. The van der Waals surface area contributed by atoms with Gasteiger partial charge in [-0.25, -0.2) is 9.80 Å². The van der Waals surface area contributed by atoms with Crippen molar-refractivity contribution in [3.63, 3.8) is 0 Å². The molecule has 7 nitrogen and oxygen atoms in total. The number of nitro benzene ring substituents is 1. The number of nitro groups is 1. The average Bonchev–Trinajstić information content (AvgIpc) is 2.42. The first-order valence-corrected chi connectivity index (χ1v) is 6.97. The molecule has 0 amide bonds. The number of carboxylic acid groups (broad SMARTS) is 1. The van der Waals surface area contributed by atoms with E-state index >= 15 is 0 Å². The second-order valence-corrected chi connectivity index (χ2v) is 5.44. The Kier molecular flexibility index (Phi) is 4.42. The first-order valence-electron chi connectivity index (χ1n) is 6.97. The molecule has 1 aromatic rings. The highest BCUT2D eigenvalue weighted by atomic mass is 16.6. The lowest BCUT2D eigenvalue weighted by atomic mass is 10.00. The van der Waals surface area contributed by atoms with E-state index in [0.29, 0.717) is 17.8 Å². The van der Waals surface area contributed by atoms with Crippen LogP contribution < -0.4 is 5.43 Å². The Morgan fingerprint density at radius 1 is 1.38 bits per heavy atom. The minimum Gasteiger partial charge on any atom is -0.477 e. The summed E-state index contributed by atoms with van der Waals surface area (Å²) in [6.45, 7) is 4.20. The summed E-state index contributed by atoms with van der Waals surface area (Å²) in [6.07, 6.45) is 3.29. The maximum absolute atomic E-state index is 11.0. The standard InChI is InChI=1S/C14H19N3O4/c1-9-4-3-5-10(2)16(9)15-11-6-7-12(14(18)19)13(8-11)17(20)21/h6-10,15H,3-5H2,1-2H3,(H,18,19). The van der Waals surface area contributed by atoms with E-state index in [9.17, 15) is 14.9 Å². The molecule has 2 unspecified atom stereocenters. The molecule has 0 bridgehead atoms. The third kappa shape index (κ3) is 3.30. The van der Waals surface area contributed by atoms with E-state index in [1.54, 1.807) is 6.07 Å². The summed E-state index contributed by atoms with van der Waals surface area (Å²) < 4.78 is 0. The van der Waals surface area contributed by atoms with Gasteiger partial charge in [0.15, 0.2) is 0 Å². The molecule has 0 radical (unpaired) electrons. The molecule has 21 heavy (non-hydrogen) atoms. The van der Waals surface area contributed by atoms with Crippen LogP contribution in [0.15, 0.2) is 18.2 Å². The van der Waals surface area contributed by atoms with E-state index in [4.69, 9.17) is 5.11 Å². The monoisotopic (exact) mass is 293 g/mol. The van der Waals surface area contributed by atoms with Gasteiger partial charge in [0, 0.05) is 18.2 Å². The van der Waals surface area contributed by atoms with E-state index in [1.807, 2.05) is 0 Å². The molecule has 2 atom stereocenters. The van der Waals surface area contributed by atoms with Crippen molar-refractivity contribution in [2.24, 2.45) is 0 Å². The van der Waals surface area contributed by atoms with Gasteiger partial charge < -0.3 is 10.5 Å². The number of rotatable bonds is 4. The maximum atomic E-state index is 11.0. The Bertz CT molecular complexity index is 551. The summed E-state index contributed by atoms with van der Waals surface area (Å²) in [5, 5.41) is 22.0. The fourth-order valence-electron chi connectivity index (χ4n) is 2.72. The zero-order valence-electron chi connectivity index (χ0n) is 12.1. The topological polar surface area (TPSA) is 95.7 Å². The van der Waals surface area contributed by atoms with Gasteiger partial charge in [0.1, 0.15) is 5.56 Å². The van der Waals surface area contributed by atoms with Crippen molar-refractivity contribution in [2.45, 2.75) is 45.2 Å². The van der Waals surface area contributed by atoms with Crippen molar-refractivity contribution >= 4 is 17.3 Å². The van der Waals surface area contributed by atoms with E-state index in [0.717, 1.165) is 12.8 Å². The molecule has 0 saturated carbocycles. The lowest BCUT2D eigenvalue weighted by molar-refractivity contribution is -0.385. The van der Waals surface area contributed by atoms with Gasteiger partial charge in [0.25, 0.3) is 5.69 Å². The van der Waals surface area contributed by atoms with Crippen LogP contribution in [-0.2, 0) is 0 Å². The largest absolute Gasteiger partial charge is 0.477 e. The van der Waals surface area contributed by atoms with Gasteiger partial charge in [-0.15, -0.1) is 0 Å². The third-order valence-corrected chi connectivity index (χ3v) is 3.88. The van der Waals surface area contributed by atoms with Crippen molar-refractivity contribution < 1.29 is 14.8 Å². The van der Waals surface area contributed by atoms with Crippen LogP contribution in [0.5, 0.6) is 0 Å². The number of hydrazine groups is 1. The van der Waals surface area contributed by atoms with Crippen LogP contribution in [0.3, 0.4) is 0 Å². The molecule has 2 N–H and O–H groups in total. The van der Waals surface area contributed by atoms with Crippen molar-refractivity contribution in [3.05, 3.63) is 33.9 Å². The lowest BCUT2D eigenvalue weighted by Crippen LogP contribution is -2.47. The predicted molar refractivity (Wildman–Crippen MR) is 78.3 cm³/mol. The Hall–Kier alpha value is -2.15. The number of aromatic carboxylic acids is 1. The molecule has 1 heterocycles. The maximum Gasteiger partial charge on any atom is 0.342 e. The highest BCUT2D eigenvalue weighted by Gasteiger charge is 2.26. The fourth-order valence-corrected chi connectivity index (χ4v) is 2.72. The zero-order valence-corrected chi connectivity index (χ0v) is 12.1. The third-order valence-electron chi connectivity index (χ3n) is 3.88.